The summed E-state index contributed by atoms with van der Waals surface area (Å²) in [6.45, 7) is 8.00. The van der Waals surface area contributed by atoms with Gasteiger partial charge in [-0.05, 0) is 43.2 Å². The van der Waals surface area contributed by atoms with Gasteiger partial charge in [0.2, 0.25) is 5.91 Å². The predicted octanol–water partition coefficient (Wildman–Crippen LogP) is 4.34. The number of carbonyl (C=O) groups excluding carboxylic acids is 1. The number of benzene rings is 2. The molecule has 30 heavy (non-hydrogen) atoms. The second kappa shape index (κ2) is 10.2. The van der Waals surface area contributed by atoms with Crippen molar-refractivity contribution in [2.24, 2.45) is 0 Å². The first-order valence-corrected chi connectivity index (χ1v) is 10.6. The van der Waals surface area contributed by atoms with Crippen LogP contribution in [-0.4, -0.2) is 38.8 Å². The van der Waals surface area contributed by atoms with E-state index in [1.807, 2.05) is 43.3 Å². The summed E-state index contributed by atoms with van der Waals surface area (Å²) in [5, 5.41) is 2.89. The number of methoxy groups -OCH3 is 1. The van der Waals surface area contributed by atoms with E-state index >= 15 is 0 Å². The van der Waals surface area contributed by atoms with E-state index in [9.17, 15) is 4.79 Å². The zero-order valence-corrected chi connectivity index (χ0v) is 18.3. The van der Waals surface area contributed by atoms with Crippen LogP contribution in [0.5, 0.6) is 17.2 Å². The fourth-order valence-electron chi connectivity index (χ4n) is 3.69. The lowest BCUT2D eigenvalue weighted by molar-refractivity contribution is -0.119. The smallest absolute Gasteiger partial charge is 0.217 e. The van der Waals surface area contributed by atoms with Crippen molar-refractivity contribution in [1.82, 2.24) is 5.32 Å². The number of rotatable bonds is 9. The molecule has 1 N–H and O–H groups in total. The van der Waals surface area contributed by atoms with E-state index in [0.29, 0.717) is 6.61 Å². The van der Waals surface area contributed by atoms with Crippen molar-refractivity contribution in [2.75, 3.05) is 31.7 Å². The summed E-state index contributed by atoms with van der Waals surface area (Å²) < 4.78 is 17.5. The lowest BCUT2D eigenvalue weighted by atomic mass is 10.1. The molecule has 0 spiro atoms. The standard InChI is InChI=1S/C24H32N2O4/c1-5-14-29-21-10-11-23(24(15-21)28-4)26-13-12-22(16-26)30-20-8-6-19(7-9-20)17(2)25-18(3)27/h6-11,15,17,22H,5,12-14,16H2,1-4H3,(H,25,27). The number of hydrogen-bond acceptors (Lipinski definition) is 5. The topological polar surface area (TPSA) is 60.0 Å². The number of anilines is 1. The SMILES string of the molecule is CCCOc1ccc(N2CCC(Oc3ccc(C(C)NC(C)=O)cc3)C2)c(OC)c1. The van der Waals surface area contributed by atoms with E-state index in [2.05, 4.69) is 23.2 Å². The third kappa shape index (κ3) is 5.59. The molecular formula is C24H32N2O4. The van der Waals surface area contributed by atoms with Crippen molar-refractivity contribution in [1.29, 1.82) is 0 Å². The van der Waals surface area contributed by atoms with Crippen LogP contribution in [0.25, 0.3) is 0 Å². The number of amides is 1. The molecule has 0 radical (unpaired) electrons. The number of nitrogens with one attached hydrogen (secondary N) is 1. The zero-order valence-electron chi connectivity index (χ0n) is 18.3. The normalized spacial score (nSPS) is 16.8. The number of ether oxygens (including phenoxy) is 3. The Morgan fingerprint density at radius 1 is 1.20 bits per heavy atom. The molecule has 6 nitrogen and oxygen atoms in total. The van der Waals surface area contributed by atoms with E-state index in [1.165, 1.54) is 6.92 Å². The highest BCUT2D eigenvalue weighted by Crippen LogP contribution is 2.35. The Morgan fingerprint density at radius 3 is 2.60 bits per heavy atom. The summed E-state index contributed by atoms with van der Waals surface area (Å²) >= 11 is 0. The molecule has 2 aromatic rings. The molecule has 162 valence electrons. The van der Waals surface area contributed by atoms with Gasteiger partial charge in [0.1, 0.15) is 23.4 Å². The van der Waals surface area contributed by atoms with Crippen molar-refractivity contribution in [2.45, 2.75) is 45.8 Å². The van der Waals surface area contributed by atoms with Crippen LogP contribution in [0, 0.1) is 0 Å². The summed E-state index contributed by atoms with van der Waals surface area (Å²) in [4.78, 5) is 13.5. The first-order valence-electron chi connectivity index (χ1n) is 10.6. The Hall–Kier alpha value is -2.89. The first-order chi connectivity index (χ1) is 14.5. The molecular weight excluding hydrogens is 380 g/mol. The maximum atomic E-state index is 11.2. The minimum absolute atomic E-state index is 0.0183. The van der Waals surface area contributed by atoms with Crippen LogP contribution in [0.4, 0.5) is 5.69 Å². The van der Waals surface area contributed by atoms with Crippen molar-refractivity contribution in [3.8, 4) is 17.2 Å². The van der Waals surface area contributed by atoms with Crippen LogP contribution in [0.3, 0.4) is 0 Å². The summed E-state index contributed by atoms with van der Waals surface area (Å²) in [6.07, 6.45) is 2.04. The minimum Gasteiger partial charge on any atom is -0.494 e. The van der Waals surface area contributed by atoms with Crippen molar-refractivity contribution < 1.29 is 19.0 Å². The molecule has 2 aromatic carbocycles. The van der Waals surface area contributed by atoms with Crippen molar-refractivity contribution in [3.05, 3.63) is 48.0 Å². The monoisotopic (exact) mass is 412 g/mol. The van der Waals surface area contributed by atoms with Crippen molar-refractivity contribution in [3.63, 3.8) is 0 Å². The fraction of sp³-hybridized carbons (Fsp3) is 0.458. The molecule has 1 heterocycles. The Bertz CT molecular complexity index is 838. The largest absolute Gasteiger partial charge is 0.494 e. The molecule has 1 aliphatic rings. The highest BCUT2D eigenvalue weighted by atomic mass is 16.5. The molecule has 3 rings (SSSR count). The molecule has 6 heteroatoms. The molecule has 0 aliphatic carbocycles. The van der Waals surface area contributed by atoms with Crippen molar-refractivity contribution >= 4 is 11.6 Å². The average molecular weight is 413 g/mol. The quantitative estimate of drug-likeness (QED) is 0.664. The van der Waals surface area contributed by atoms with Gasteiger partial charge in [-0.15, -0.1) is 0 Å². The van der Waals surface area contributed by atoms with Gasteiger partial charge in [-0.2, -0.15) is 0 Å². The maximum absolute atomic E-state index is 11.2. The minimum atomic E-state index is -0.0331. The molecule has 2 atom stereocenters. The van der Waals surface area contributed by atoms with Gasteiger partial charge in [-0.1, -0.05) is 19.1 Å². The van der Waals surface area contributed by atoms with E-state index in [4.69, 9.17) is 14.2 Å². The maximum Gasteiger partial charge on any atom is 0.217 e. The summed E-state index contributed by atoms with van der Waals surface area (Å²) in [5.74, 6) is 2.46. The lowest BCUT2D eigenvalue weighted by Crippen LogP contribution is -2.25. The second-order valence-corrected chi connectivity index (χ2v) is 7.65. The lowest BCUT2D eigenvalue weighted by Gasteiger charge is -2.22. The highest BCUT2D eigenvalue weighted by molar-refractivity contribution is 5.73. The van der Waals surface area contributed by atoms with Crippen LogP contribution in [0.15, 0.2) is 42.5 Å². The average Bonchev–Trinajstić information content (AvgIpc) is 3.20. The van der Waals surface area contributed by atoms with Gasteiger partial charge in [-0.25, -0.2) is 0 Å². The molecule has 1 aliphatic heterocycles. The van der Waals surface area contributed by atoms with E-state index in [-0.39, 0.29) is 18.1 Å². The molecule has 0 bridgehead atoms. The molecule has 1 saturated heterocycles. The molecule has 1 fully saturated rings. The fourth-order valence-corrected chi connectivity index (χ4v) is 3.69. The van der Waals surface area contributed by atoms with Gasteiger partial charge in [0.25, 0.3) is 0 Å². The van der Waals surface area contributed by atoms with Crippen LogP contribution in [0.1, 0.15) is 45.2 Å². The van der Waals surface area contributed by atoms with E-state index in [0.717, 1.165) is 54.4 Å². The van der Waals surface area contributed by atoms with Gasteiger partial charge < -0.3 is 24.4 Å². The van der Waals surface area contributed by atoms with Crippen LogP contribution in [-0.2, 0) is 4.79 Å². The third-order valence-electron chi connectivity index (χ3n) is 5.21. The summed E-state index contributed by atoms with van der Waals surface area (Å²) in [5.41, 5.74) is 2.12. The van der Waals surface area contributed by atoms with Gasteiger partial charge >= 0.3 is 0 Å². The van der Waals surface area contributed by atoms with Crippen LogP contribution in [0.2, 0.25) is 0 Å². The summed E-state index contributed by atoms with van der Waals surface area (Å²) in [6, 6.07) is 13.9. The Morgan fingerprint density at radius 2 is 1.93 bits per heavy atom. The van der Waals surface area contributed by atoms with Gasteiger partial charge in [0.15, 0.2) is 0 Å². The van der Waals surface area contributed by atoms with E-state index < -0.39 is 0 Å². The van der Waals surface area contributed by atoms with E-state index in [1.54, 1.807) is 7.11 Å². The summed E-state index contributed by atoms with van der Waals surface area (Å²) in [7, 11) is 1.69. The zero-order chi connectivity index (χ0) is 21.5. The molecule has 2 unspecified atom stereocenters. The predicted molar refractivity (Wildman–Crippen MR) is 119 cm³/mol. The Balaban J connectivity index is 1.60. The number of hydrogen-bond donors (Lipinski definition) is 1. The second-order valence-electron chi connectivity index (χ2n) is 7.65. The number of nitrogens with zero attached hydrogens (tertiary/aromatic N) is 1. The van der Waals surface area contributed by atoms with Gasteiger partial charge in [0.05, 0.1) is 32.0 Å². The third-order valence-corrected chi connectivity index (χ3v) is 5.21. The van der Waals surface area contributed by atoms with Gasteiger partial charge in [0, 0.05) is 26.0 Å². The van der Waals surface area contributed by atoms with Crippen LogP contribution < -0.4 is 24.4 Å². The number of carbonyl (C=O) groups is 1. The van der Waals surface area contributed by atoms with Crippen LogP contribution >= 0.6 is 0 Å². The molecule has 0 aromatic heterocycles. The first kappa shape index (κ1) is 21.8. The molecule has 1 amide bonds. The van der Waals surface area contributed by atoms with Gasteiger partial charge in [-0.3, -0.25) is 4.79 Å². The molecule has 0 saturated carbocycles. The Kier molecular flexibility index (Phi) is 7.44. The highest BCUT2D eigenvalue weighted by Gasteiger charge is 2.26. The Labute approximate surface area is 179 Å².